The number of nitrogens with zero attached hydrogens (tertiary/aromatic N) is 4. The van der Waals surface area contributed by atoms with E-state index in [1.165, 1.54) is 0 Å². The monoisotopic (exact) mass is 246 g/mol. The summed E-state index contributed by atoms with van der Waals surface area (Å²) in [7, 11) is 0. The highest BCUT2D eigenvalue weighted by atomic mass is 32.2. The van der Waals surface area contributed by atoms with Crippen LogP contribution in [0.3, 0.4) is 0 Å². The molecule has 0 spiro atoms. The molecular weight excluding hydrogens is 236 g/mol. The Labute approximate surface area is 102 Å². The summed E-state index contributed by atoms with van der Waals surface area (Å²) in [6, 6.07) is 0. The first kappa shape index (κ1) is 10.4. The summed E-state index contributed by atoms with van der Waals surface area (Å²) in [4.78, 5) is 17.1. The van der Waals surface area contributed by atoms with Crippen LogP contribution in [0.2, 0.25) is 0 Å². The highest BCUT2D eigenvalue weighted by molar-refractivity contribution is 7.98. The van der Waals surface area contributed by atoms with Gasteiger partial charge in [-0.15, -0.1) is 0 Å². The smallest absolute Gasteiger partial charge is 0.182 e. The van der Waals surface area contributed by atoms with Crippen molar-refractivity contribution < 1.29 is 0 Å². The third-order valence-electron chi connectivity index (χ3n) is 2.51. The molecule has 0 fully saturated rings. The van der Waals surface area contributed by atoms with Crippen molar-refractivity contribution in [3.8, 4) is 11.5 Å². The van der Waals surface area contributed by atoms with Gasteiger partial charge in [0.2, 0.25) is 0 Å². The Morgan fingerprint density at radius 2 is 2.18 bits per heavy atom. The molecule has 86 valence electrons. The van der Waals surface area contributed by atoms with Crippen molar-refractivity contribution in [1.29, 1.82) is 0 Å². The first-order chi connectivity index (χ1) is 8.38. The molecule has 2 aromatic heterocycles. The molecule has 3 N–H and O–H groups in total. The Morgan fingerprint density at radius 1 is 1.24 bits per heavy atom. The minimum Gasteiger partial charge on any atom is -0.308 e. The molecule has 0 aromatic carbocycles. The predicted molar refractivity (Wildman–Crippen MR) is 65.9 cm³/mol. The number of rotatable bonds is 2. The average Bonchev–Trinajstić information content (AvgIpc) is 2.86. The second kappa shape index (κ2) is 4.27. The van der Waals surface area contributed by atoms with Gasteiger partial charge in [-0.1, -0.05) is 0 Å². The summed E-state index contributed by atoms with van der Waals surface area (Å²) >= 11 is 1.80. The molecular formula is C10H10N6S. The van der Waals surface area contributed by atoms with Gasteiger partial charge in [-0.05, 0) is 0 Å². The Balaban J connectivity index is 2.13. The number of nitrogens with two attached hydrogens (primary N) is 1. The van der Waals surface area contributed by atoms with Crippen LogP contribution in [0.5, 0.6) is 0 Å². The van der Waals surface area contributed by atoms with Crippen molar-refractivity contribution in [1.82, 2.24) is 19.9 Å². The lowest BCUT2D eigenvalue weighted by molar-refractivity contribution is 1.04. The number of nitrogen functional groups attached to an aromatic ring is 1. The Bertz CT molecular complexity index is 544. The van der Waals surface area contributed by atoms with Gasteiger partial charge in [0, 0.05) is 29.5 Å². The van der Waals surface area contributed by atoms with Gasteiger partial charge >= 0.3 is 0 Å². The molecule has 3 rings (SSSR count). The van der Waals surface area contributed by atoms with E-state index < -0.39 is 0 Å². The third-order valence-corrected chi connectivity index (χ3v) is 3.48. The van der Waals surface area contributed by atoms with Gasteiger partial charge in [-0.2, -0.15) is 11.8 Å². The van der Waals surface area contributed by atoms with Crippen molar-refractivity contribution in [3.05, 3.63) is 29.8 Å². The third kappa shape index (κ3) is 1.83. The fourth-order valence-corrected chi connectivity index (χ4v) is 2.74. The Kier molecular flexibility index (Phi) is 2.62. The topological polar surface area (TPSA) is 89.6 Å². The van der Waals surface area contributed by atoms with Crippen LogP contribution in [0.4, 0.5) is 5.82 Å². The van der Waals surface area contributed by atoms with E-state index in [1.807, 2.05) is 0 Å². The lowest BCUT2D eigenvalue weighted by Crippen LogP contribution is -2.13. The number of hydrogen-bond donors (Lipinski definition) is 2. The molecule has 17 heavy (non-hydrogen) atoms. The lowest BCUT2D eigenvalue weighted by Gasteiger charge is -2.07. The van der Waals surface area contributed by atoms with Crippen molar-refractivity contribution in [2.24, 2.45) is 5.84 Å². The maximum Gasteiger partial charge on any atom is 0.182 e. The molecule has 0 radical (unpaired) electrons. The zero-order chi connectivity index (χ0) is 11.7. The van der Waals surface area contributed by atoms with Crippen LogP contribution in [0.1, 0.15) is 11.3 Å². The Morgan fingerprint density at radius 3 is 2.94 bits per heavy atom. The van der Waals surface area contributed by atoms with Crippen molar-refractivity contribution >= 4 is 17.6 Å². The van der Waals surface area contributed by atoms with E-state index >= 15 is 0 Å². The van der Waals surface area contributed by atoms with Crippen LogP contribution in [0.15, 0.2) is 18.6 Å². The second-order valence-electron chi connectivity index (χ2n) is 3.55. The SMILES string of the molecule is NNc1nc(-c2cnccn2)nc2c1CSC2. The molecule has 0 bridgehead atoms. The van der Waals surface area contributed by atoms with Crippen LogP contribution < -0.4 is 11.3 Å². The van der Waals surface area contributed by atoms with E-state index in [1.54, 1.807) is 30.4 Å². The zero-order valence-corrected chi connectivity index (χ0v) is 9.74. The quantitative estimate of drug-likeness (QED) is 0.602. The number of hydrazine groups is 1. The van der Waals surface area contributed by atoms with E-state index in [2.05, 4.69) is 25.4 Å². The van der Waals surface area contributed by atoms with Gasteiger partial charge in [-0.25, -0.2) is 20.8 Å². The minimum absolute atomic E-state index is 0.562. The van der Waals surface area contributed by atoms with Crippen LogP contribution in [-0.2, 0) is 11.5 Å². The fourth-order valence-electron chi connectivity index (χ4n) is 1.70. The number of hydrogen-bond acceptors (Lipinski definition) is 7. The summed E-state index contributed by atoms with van der Waals surface area (Å²) in [6.45, 7) is 0. The van der Waals surface area contributed by atoms with E-state index in [0.717, 1.165) is 22.8 Å². The number of nitrogens with one attached hydrogen (secondary N) is 1. The van der Waals surface area contributed by atoms with E-state index in [-0.39, 0.29) is 0 Å². The summed E-state index contributed by atoms with van der Waals surface area (Å²) in [5.41, 5.74) is 5.40. The van der Waals surface area contributed by atoms with Gasteiger partial charge in [0.25, 0.3) is 0 Å². The fraction of sp³-hybridized carbons (Fsp3) is 0.200. The first-order valence-electron chi connectivity index (χ1n) is 5.09. The van der Waals surface area contributed by atoms with Gasteiger partial charge in [0.05, 0.1) is 11.9 Å². The number of aromatic nitrogens is 4. The van der Waals surface area contributed by atoms with Crippen LogP contribution in [-0.4, -0.2) is 19.9 Å². The van der Waals surface area contributed by atoms with Gasteiger partial charge in [-0.3, -0.25) is 4.98 Å². The minimum atomic E-state index is 0.562. The van der Waals surface area contributed by atoms with Crippen LogP contribution in [0.25, 0.3) is 11.5 Å². The summed E-state index contributed by atoms with van der Waals surface area (Å²) in [5.74, 6) is 8.51. The Hall–Kier alpha value is -1.73. The molecule has 0 unspecified atom stereocenters. The highest BCUT2D eigenvalue weighted by Gasteiger charge is 2.20. The number of thioether (sulfide) groups is 1. The molecule has 1 aliphatic rings. The standard InChI is InChI=1S/C10H10N6S/c11-16-9-6-4-17-5-8(6)14-10(15-9)7-3-12-1-2-13-7/h1-3H,4-5,11H2,(H,14,15,16). The average molecular weight is 246 g/mol. The number of anilines is 1. The summed E-state index contributed by atoms with van der Waals surface area (Å²) in [5, 5.41) is 0. The van der Waals surface area contributed by atoms with Crippen LogP contribution in [0, 0.1) is 0 Å². The van der Waals surface area contributed by atoms with Crippen molar-refractivity contribution in [3.63, 3.8) is 0 Å². The highest BCUT2D eigenvalue weighted by Crippen LogP contribution is 2.33. The molecule has 0 saturated carbocycles. The molecule has 1 aliphatic heterocycles. The summed E-state index contributed by atoms with van der Waals surface area (Å²) in [6.07, 6.45) is 4.88. The van der Waals surface area contributed by atoms with Gasteiger partial charge in [0.15, 0.2) is 5.82 Å². The van der Waals surface area contributed by atoms with Crippen molar-refractivity contribution in [2.45, 2.75) is 11.5 Å². The van der Waals surface area contributed by atoms with E-state index in [4.69, 9.17) is 5.84 Å². The molecule has 6 nitrogen and oxygen atoms in total. The second-order valence-corrected chi connectivity index (χ2v) is 4.53. The molecule has 0 amide bonds. The normalized spacial score (nSPS) is 13.5. The number of fused-ring (bicyclic) bond motifs is 1. The largest absolute Gasteiger partial charge is 0.308 e. The molecule has 0 atom stereocenters. The van der Waals surface area contributed by atoms with E-state index in [0.29, 0.717) is 17.3 Å². The zero-order valence-electron chi connectivity index (χ0n) is 8.92. The molecule has 0 saturated heterocycles. The molecule has 7 heteroatoms. The maximum atomic E-state index is 5.48. The maximum absolute atomic E-state index is 5.48. The molecule has 3 heterocycles. The first-order valence-corrected chi connectivity index (χ1v) is 6.24. The van der Waals surface area contributed by atoms with E-state index in [9.17, 15) is 0 Å². The molecule has 2 aromatic rings. The summed E-state index contributed by atoms with van der Waals surface area (Å²) < 4.78 is 0. The van der Waals surface area contributed by atoms with Gasteiger partial charge in [0.1, 0.15) is 11.5 Å². The predicted octanol–water partition coefficient (Wildman–Crippen LogP) is 0.966. The van der Waals surface area contributed by atoms with Crippen LogP contribution >= 0.6 is 11.8 Å². The van der Waals surface area contributed by atoms with Gasteiger partial charge < -0.3 is 5.43 Å². The lowest BCUT2D eigenvalue weighted by atomic mass is 10.2. The van der Waals surface area contributed by atoms with Crippen molar-refractivity contribution in [2.75, 3.05) is 5.43 Å². The molecule has 0 aliphatic carbocycles.